The monoisotopic (exact) mass is 289 g/mol. The van der Waals surface area contributed by atoms with Gasteiger partial charge in [-0.2, -0.15) is 0 Å². The summed E-state index contributed by atoms with van der Waals surface area (Å²) in [5.74, 6) is 0. The van der Waals surface area contributed by atoms with Gasteiger partial charge >= 0.3 is 0 Å². The molecule has 0 fully saturated rings. The highest BCUT2D eigenvalue weighted by Crippen LogP contribution is 2.25. The fourth-order valence-corrected chi connectivity index (χ4v) is 2.65. The first kappa shape index (κ1) is 15.0. The summed E-state index contributed by atoms with van der Waals surface area (Å²) in [7, 11) is 3.70. The molecule has 20 heavy (non-hydrogen) atoms. The maximum atomic E-state index is 6.25. The first-order valence-electron chi connectivity index (χ1n) is 6.74. The molecule has 2 aromatic rings. The van der Waals surface area contributed by atoms with Crippen molar-refractivity contribution >= 4 is 11.6 Å². The van der Waals surface area contributed by atoms with Crippen LogP contribution in [-0.4, -0.2) is 20.2 Å². The summed E-state index contributed by atoms with van der Waals surface area (Å²) in [6, 6.07) is 18.4. The van der Waals surface area contributed by atoms with Crippen LogP contribution < -0.4 is 5.32 Å². The summed E-state index contributed by atoms with van der Waals surface area (Å²) in [5.41, 5.74) is 2.30. The Morgan fingerprint density at radius 3 is 2.30 bits per heavy atom. The van der Waals surface area contributed by atoms with Crippen LogP contribution in [0, 0.1) is 0 Å². The lowest BCUT2D eigenvalue weighted by molar-refractivity contribution is 0.0704. The van der Waals surface area contributed by atoms with E-state index in [1.54, 1.807) is 7.11 Å². The molecule has 106 valence electrons. The zero-order valence-corrected chi connectivity index (χ0v) is 12.6. The zero-order chi connectivity index (χ0) is 14.4. The molecule has 0 bridgehead atoms. The molecule has 0 aliphatic heterocycles. The lowest BCUT2D eigenvalue weighted by Gasteiger charge is -2.26. The van der Waals surface area contributed by atoms with Crippen molar-refractivity contribution in [1.82, 2.24) is 5.32 Å². The molecule has 2 aromatic carbocycles. The molecule has 2 unspecified atom stereocenters. The number of hydrogen-bond donors (Lipinski definition) is 1. The Kier molecular flexibility index (Phi) is 5.60. The summed E-state index contributed by atoms with van der Waals surface area (Å²) in [6.07, 6.45) is 0.821. The second kappa shape index (κ2) is 7.44. The van der Waals surface area contributed by atoms with Crippen molar-refractivity contribution in [2.75, 3.05) is 14.2 Å². The molecule has 0 aromatic heterocycles. The maximum Gasteiger partial charge on any atom is 0.0977 e. The molecule has 0 radical (unpaired) electrons. The van der Waals surface area contributed by atoms with E-state index in [4.69, 9.17) is 16.3 Å². The average Bonchev–Trinajstić information content (AvgIpc) is 2.50. The van der Waals surface area contributed by atoms with Gasteiger partial charge in [0.2, 0.25) is 0 Å². The van der Waals surface area contributed by atoms with Crippen LogP contribution in [-0.2, 0) is 11.2 Å². The number of halogens is 1. The molecule has 0 heterocycles. The molecule has 2 rings (SSSR count). The highest BCUT2D eigenvalue weighted by atomic mass is 35.5. The molecule has 2 atom stereocenters. The van der Waals surface area contributed by atoms with Gasteiger partial charge in [0, 0.05) is 18.2 Å². The smallest absolute Gasteiger partial charge is 0.0977 e. The summed E-state index contributed by atoms with van der Waals surface area (Å²) in [6.45, 7) is 0. The standard InChI is InChI=1S/C17H20ClNO/c1-19-16(12-14-10-6-7-11-15(14)18)17(20-2)13-8-4-3-5-9-13/h3-11,16-17,19H,12H2,1-2H3. The van der Waals surface area contributed by atoms with E-state index in [1.807, 2.05) is 43.4 Å². The van der Waals surface area contributed by atoms with Gasteiger partial charge in [0.05, 0.1) is 6.10 Å². The molecule has 1 N–H and O–H groups in total. The van der Waals surface area contributed by atoms with Crippen LogP contribution in [0.5, 0.6) is 0 Å². The first-order chi connectivity index (χ1) is 9.76. The van der Waals surface area contributed by atoms with E-state index in [1.165, 1.54) is 5.56 Å². The number of nitrogens with one attached hydrogen (secondary N) is 1. The molecule has 2 nitrogen and oxygen atoms in total. The second-order valence-corrected chi connectivity index (χ2v) is 5.16. The van der Waals surface area contributed by atoms with Gasteiger partial charge in [-0.05, 0) is 30.7 Å². The number of methoxy groups -OCH3 is 1. The van der Waals surface area contributed by atoms with Gasteiger partial charge in [-0.1, -0.05) is 60.1 Å². The predicted molar refractivity (Wildman–Crippen MR) is 84.2 cm³/mol. The van der Waals surface area contributed by atoms with Crippen molar-refractivity contribution < 1.29 is 4.74 Å². The molecule has 0 spiro atoms. The van der Waals surface area contributed by atoms with Crippen molar-refractivity contribution in [2.24, 2.45) is 0 Å². The summed E-state index contributed by atoms with van der Waals surface area (Å²) >= 11 is 6.25. The van der Waals surface area contributed by atoms with Crippen molar-refractivity contribution in [2.45, 2.75) is 18.6 Å². The van der Waals surface area contributed by atoms with E-state index >= 15 is 0 Å². The quantitative estimate of drug-likeness (QED) is 0.872. The summed E-state index contributed by atoms with van der Waals surface area (Å²) in [5, 5.41) is 4.15. The number of hydrogen-bond acceptors (Lipinski definition) is 2. The van der Waals surface area contributed by atoms with E-state index in [2.05, 4.69) is 23.5 Å². The predicted octanol–water partition coefficient (Wildman–Crippen LogP) is 3.86. The van der Waals surface area contributed by atoms with Crippen LogP contribution in [0.25, 0.3) is 0 Å². The molecule has 0 saturated carbocycles. The normalized spacial score (nSPS) is 13.9. The van der Waals surface area contributed by atoms with Gasteiger partial charge in [-0.15, -0.1) is 0 Å². The molecular weight excluding hydrogens is 270 g/mol. The van der Waals surface area contributed by atoms with Crippen molar-refractivity contribution in [3.05, 3.63) is 70.7 Å². The zero-order valence-electron chi connectivity index (χ0n) is 11.8. The molecular formula is C17H20ClNO. The van der Waals surface area contributed by atoms with E-state index in [0.29, 0.717) is 0 Å². The van der Waals surface area contributed by atoms with Crippen LogP contribution in [0.2, 0.25) is 5.02 Å². The lowest BCUT2D eigenvalue weighted by Crippen LogP contribution is -2.35. The summed E-state index contributed by atoms with van der Waals surface area (Å²) < 4.78 is 5.70. The fraction of sp³-hybridized carbons (Fsp3) is 0.294. The van der Waals surface area contributed by atoms with Crippen LogP contribution >= 0.6 is 11.6 Å². The molecule has 0 amide bonds. The van der Waals surface area contributed by atoms with Gasteiger partial charge in [0.15, 0.2) is 0 Å². The van der Waals surface area contributed by atoms with Gasteiger partial charge < -0.3 is 10.1 Å². The Morgan fingerprint density at radius 1 is 1.05 bits per heavy atom. The van der Waals surface area contributed by atoms with E-state index < -0.39 is 0 Å². The molecule has 0 saturated heterocycles. The lowest BCUT2D eigenvalue weighted by atomic mass is 9.96. The average molecular weight is 290 g/mol. The minimum Gasteiger partial charge on any atom is -0.375 e. The Hall–Kier alpha value is -1.35. The largest absolute Gasteiger partial charge is 0.375 e. The minimum atomic E-state index is -0.00234. The van der Waals surface area contributed by atoms with Crippen molar-refractivity contribution in [3.63, 3.8) is 0 Å². The topological polar surface area (TPSA) is 21.3 Å². The highest BCUT2D eigenvalue weighted by Gasteiger charge is 2.22. The Morgan fingerprint density at radius 2 is 1.70 bits per heavy atom. The van der Waals surface area contributed by atoms with E-state index in [0.717, 1.165) is 17.0 Å². The van der Waals surface area contributed by atoms with Gasteiger partial charge in [-0.3, -0.25) is 0 Å². The molecule has 0 aliphatic carbocycles. The molecule has 0 aliphatic rings. The Labute approximate surface area is 125 Å². The van der Waals surface area contributed by atoms with Crippen molar-refractivity contribution in [3.8, 4) is 0 Å². The third kappa shape index (κ3) is 3.60. The van der Waals surface area contributed by atoms with Gasteiger partial charge in [0.25, 0.3) is 0 Å². The molecule has 3 heteroatoms. The minimum absolute atomic E-state index is 0.00234. The third-order valence-electron chi connectivity index (χ3n) is 3.52. The Bertz CT molecular complexity index is 530. The van der Waals surface area contributed by atoms with Crippen LogP contribution in [0.15, 0.2) is 54.6 Å². The van der Waals surface area contributed by atoms with Crippen LogP contribution in [0.4, 0.5) is 0 Å². The van der Waals surface area contributed by atoms with Crippen LogP contribution in [0.1, 0.15) is 17.2 Å². The number of likely N-dealkylation sites (N-methyl/N-ethyl adjacent to an activating group) is 1. The van der Waals surface area contributed by atoms with Crippen molar-refractivity contribution in [1.29, 1.82) is 0 Å². The van der Waals surface area contributed by atoms with Gasteiger partial charge in [-0.25, -0.2) is 0 Å². The maximum absolute atomic E-state index is 6.25. The second-order valence-electron chi connectivity index (χ2n) is 4.76. The Balaban J connectivity index is 2.20. The SMILES string of the molecule is CNC(Cc1ccccc1Cl)C(OC)c1ccccc1. The number of benzene rings is 2. The summed E-state index contributed by atoms with van der Waals surface area (Å²) in [4.78, 5) is 0. The van der Waals surface area contributed by atoms with Crippen LogP contribution in [0.3, 0.4) is 0 Å². The number of ether oxygens (including phenoxy) is 1. The fourth-order valence-electron chi connectivity index (χ4n) is 2.44. The highest BCUT2D eigenvalue weighted by molar-refractivity contribution is 6.31. The third-order valence-corrected chi connectivity index (χ3v) is 3.88. The van der Waals surface area contributed by atoms with E-state index in [9.17, 15) is 0 Å². The number of rotatable bonds is 6. The van der Waals surface area contributed by atoms with Gasteiger partial charge in [0.1, 0.15) is 0 Å². The first-order valence-corrected chi connectivity index (χ1v) is 7.12. The van der Waals surface area contributed by atoms with E-state index in [-0.39, 0.29) is 12.1 Å².